The molecule has 2 heteroatoms. The van der Waals surface area contributed by atoms with Gasteiger partial charge in [-0.05, 0) is 32.6 Å². The Morgan fingerprint density at radius 3 is 2.46 bits per heavy atom. The summed E-state index contributed by atoms with van der Waals surface area (Å²) < 4.78 is 0. The summed E-state index contributed by atoms with van der Waals surface area (Å²) in [7, 11) is 0. The maximum Gasteiger partial charge on any atom is 0.0168 e. The highest BCUT2D eigenvalue weighted by atomic mass is 15.2. The average Bonchev–Trinajstić information content (AvgIpc) is 2.61. The van der Waals surface area contributed by atoms with E-state index in [4.69, 9.17) is 5.73 Å². The maximum atomic E-state index is 6.01. The van der Waals surface area contributed by atoms with Crippen LogP contribution in [-0.4, -0.2) is 29.6 Å². The van der Waals surface area contributed by atoms with Gasteiger partial charge in [0.15, 0.2) is 0 Å². The van der Waals surface area contributed by atoms with Crippen molar-refractivity contribution in [2.24, 2.45) is 5.73 Å². The lowest BCUT2D eigenvalue weighted by molar-refractivity contribution is 0.0962. The van der Waals surface area contributed by atoms with Gasteiger partial charge in [0.05, 0.1) is 0 Å². The molecule has 0 amide bonds. The molecule has 2 fully saturated rings. The Morgan fingerprint density at radius 1 is 1.08 bits per heavy atom. The summed E-state index contributed by atoms with van der Waals surface area (Å²) in [4.78, 5) is 2.67. The van der Waals surface area contributed by atoms with Crippen molar-refractivity contribution >= 4 is 0 Å². The summed E-state index contributed by atoms with van der Waals surface area (Å²) in [6.45, 7) is 3.51. The second-order valence-electron chi connectivity index (χ2n) is 4.82. The third kappa shape index (κ3) is 2.05. The average molecular weight is 182 g/mol. The lowest BCUT2D eigenvalue weighted by atomic mass is 9.97. The number of likely N-dealkylation sites (tertiary alicyclic amines) is 1. The third-order valence-corrected chi connectivity index (χ3v) is 3.76. The number of piperidine rings is 1. The highest BCUT2D eigenvalue weighted by molar-refractivity contribution is 4.87. The van der Waals surface area contributed by atoms with Gasteiger partial charge in [-0.25, -0.2) is 0 Å². The Bertz CT molecular complexity index is 163. The Labute approximate surface area is 81.5 Å². The molecular formula is C11H22N2. The molecular weight excluding hydrogens is 160 g/mol. The smallest absolute Gasteiger partial charge is 0.0168 e. The largest absolute Gasteiger partial charge is 0.327 e. The fraction of sp³-hybridized carbons (Fsp3) is 1.00. The molecule has 0 spiro atoms. The molecule has 1 saturated carbocycles. The van der Waals surface area contributed by atoms with E-state index >= 15 is 0 Å². The van der Waals surface area contributed by atoms with Crippen LogP contribution in [0.4, 0.5) is 0 Å². The lowest BCUT2D eigenvalue weighted by Gasteiger charge is -2.40. The Hall–Kier alpha value is -0.0800. The second-order valence-corrected chi connectivity index (χ2v) is 4.82. The van der Waals surface area contributed by atoms with Crippen LogP contribution in [0, 0.1) is 0 Å². The fourth-order valence-corrected chi connectivity index (χ4v) is 2.91. The van der Waals surface area contributed by atoms with Crippen molar-refractivity contribution in [1.82, 2.24) is 4.90 Å². The summed E-state index contributed by atoms with van der Waals surface area (Å²) in [5.41, 5.74) is 6.01. The van der Waals surface area contributed by atoms with Crippen molar-refractivity contribution in [3.05, 3.63) is 0 Å². The van der Waals surface area contributed by atoms with Crippen molar-refractivity contribution in [2.45, 2.75) is 63.6 Å². The van der Waals surface area contributed by atoms with E-state index in [0.29, 0.717) is 6.04 Å². The third-order valence-electron chi connectivity index (χ3n) is 3.76. The number of nitrogens with two attached hydrogens (primary N) is 1. The first-order valence-corrected chi connectivity index (χ1v) is 5.78. The molecule has 2 rings (SSSR count). The number of hydrogen-bond donors (Lipinski definition) is 1. The van der Waals surface area contributed by atoms with Gasteiger partial charge in [0, 0.05) is 24.7 Å². The van der Waals surface area contributed by atoms with E-state index in [1.807, 2.05) is 0 Å². The van der Waals surface area contributed by atoms with Gasteiger partial charge in [-0.2, -0.15) is 0 Å². The van der Waals surface area contributed by atoms with Crippen LogP contribution in [-0.2, 0) is 0 Å². The molecule has 0 bridgehead atoms. The molecule has 2 atom stereocenters. The summed E-state index contributed by atoms with van der Waals surface area (Å²) in [6.07, 6.45) is 8.22. The van der Waals surface area contributed by atoms with Crippen LogP contribution in [0.25, 0.3) is 0 Å². The van der Waals surface area contributed by atoms with Crippen LogP contribution >= 0.6 is 0 Å². The van der Waals surface area contributed by atoms with Gasteiger partial charge in [-0.1, -0.05) is 12.8 Å². The van der Waals surface area contributed by atoms with E-state index < -0.39 is 0 Å². The van der Waals surface area contributed by atoms with E-state index in [-0.39, 0.29) is 0 Å². The minimum atomic E-state index is 0.441. The van der Waals surface area contributed by atoms with E-state index in [2.05, 4.69) is 11.8 Å². The predicted molar refractivity (Wildman–Crippen MR) is 55.6 cm³/mol. The molecule has 2 nitrogen and oxygen atoms in total. The molecule has 2 unspecified atom stereocenters. The number of hydrogen-bond acceptors (Lipinski definition) is 2. The van der Waals surface area contributed by atoms with Crippen LogP contribution in [0.3, 0.4) is 0 Å². The first-order valence-electron chi connectivity index (χ1n) is 5.78. The van der Waals surface area contributed by atoms with Crippen molar-refractivity contribution in [2.75, 3.05) is 6.54 Å². The van der Waals surface area contributed by atoms with Crippen molar-refractivity contribution in [3.8, 4) is 0 Å². The monoisotopic (exact) mass is 182 g/mol. The van der Waals surface area contributed by atoms with Crippen LogP contribution < -0.4 is 5.73 Å². The van der Waals surface area contributed by atoms with Crippen molar-refractivity contribution in [3.63, 3.8) is 0 Å². The van der Waals surface area contributed by atoms with Gasteiger partial charge in [0.2, 0.25) is 0 Å². The second kappa shape index (κ2) is 3.97. The minimum Gasteiger partial charge on any atom is -0.327 e. The van der Waals surface area contributed by atoms with Crippen molar-refractivity contribution < 1.29 is 0 Å². The Morgan fingerprint density at radius 2 is 1.77 bits per heavy atom. The van der Waals surface area contributed by atoms with Gasteiger partial charge < -0.3 is 5.73 Å². The number of nitrogens with zero attached hydrogens (tertiary/aromatic N) is 1. The molecule has 0 aromatic rings. The zero-order chi connectivity index (χ0) is 9.26. The molecule has 1 saturated heterocycles. The van der Waals surface area contributed by atoms with Crippen LogP contribution in [0.1, 0.15) is 45.4 Å². The van der Waals surface area contributed by atoms with Crippen LogP contribution in [0.15, 0.2) is 0 Å². The minimum absolute atomic E-state index is 0.441. The fourth-order valence-electron chi connectivity index (χ4n) is 2.91. The molecule has 1 heterocycles. The van der Waals surface area contributed by atoms with Gasteiger partial charge >= 0.3 is 0 Å². The molecule has 1 aliphatic heterocycles. The molecule has 76 valence electrons. The zero-order valence-electron chi connectivity index (χ0n) is 8.71. The van der Waals surface area contributed by atoms with Crippen LogP contribution in [0.2, 0.25) is 0 Å². The number of rotatable bonds is 1. The Balaban J connectivity index is 1.94. The molecule has 1 aliphatic carbocycles. The van der Waals surface area contributed by atoms with Gasteiger partial charge in [0.1, 0.15) is 0 Å². The SMILES string of the molecule is CC1CCC(N)CN1C1CCCC1. The molecule has 13 heavy (non-hydrogen) atoms. The van der Waals surface area contributed by atoms with E-state index in [1.54, 1.807) is 0 Å². The van der Waals surface area contributed by atoms with Crippen LogP contribution in [0.5, 0.6) is 0 Å². The summed E-state index contributed by atoms with van der Waals surface area (Å²) in [6, 6.07) is 2.08. The molecule has 0 radical (unpaired) electrons. The molecule has 0 aromatic carbocycles. The summed E-state index contributed by atoms with van der Waals surface area (Å²) >= 11 is 0. The highest BCUT2D eigenvalue weighted by Crippen LogP contribution is 2.28. The summed E-state index contributed by atoms with van der Waals surface area (Å²) in [5, 5.41) is 0. The Kier molecular flexibility index (Phi) is 2.89. The highest BCUT2D eigenvalue weighted by Gasteiger charge is 2.30. The zero-order valence-corrected chi connectivity index (χ0v) is 8.71. The quantitative estimate of drug-likeness (QED) is 0.669. The predicted octanol–water partition coefficient (Wildman–Crippen LogP) is 1.74. The lowest BCUT2D eigenvalue weighted by Crippen LogP contribution is -2.51. The van der Waals surface area contributed by atoms with E-state index in [9.17, 15) is 0 Å². The normalized spacial score (nSPS) is 38.3. The van der Waals surface area contributed by atoms with Gasteiger partial charge in [-0.3, -0.25) is 4.90 Å². The molecule has 2 aliphatic rings. The first kappa shape index (κ1) is 9.47. The molecule has 2 N–H and O–H groups in total. The van der Waals surface area contributed by atoms with Crippen molar-refractivity contribution in [1.29, 1.82) is 0 Å². The summed E-state index contributed by atoms with van der Waals surface area (Å²) in [5.74, 6) is 0. The van der Waals surface area contributed by atoms with Gasteiger partial charge in [0.25, 0.3) is 0 Å². The van der Waals surface area contributed by atoms with E-state index in [1.165, 1.54) is 38.5 Å². The van der Waals surface area contributed by atoms with Gasteiger partial charge in [-0.15, -0.1) is 0 Å². The topological polar surface area (TPSA) is 29.3 Å². The molecule has 0 aromatic heterocycles. The van der Waals surface area contributed by atoms with E-state index in [0.717, 1.165) is 18.6 Å². The standard InChI is InChI=1S/C11H22N2/c1-9-6-7-10(12)8-13(9)11-4-2-3-5-11/h9-11H,2-8,12H2,1H3. The first-order chi connectivity index (χ1) is 6.27. The maximum absolute atomic E-state index is 6.01.